The third-order valence-corrected chi connectivity index (χ3v) is 2.46. The van der Waals surface area contributed by atoms with Gasteiger partial charge in [0.1, 0.15) is 0 Å². The Kier molecular flexibility index (Phi) is 3.74. The van der Waals surface area contributed by atoms with E-state index in [0.29, 0.717) is 5.56 Å². The van der Waals surface area contributed by atoms with E-state index in [1.165, 1.54) is 0 Å². The highest BCUT2D eigenvalue weighted by Gasteiger charge is 2.06. The molecule has 1 aromatic heterocycles. The first kappa shape index (κ1) is 12.3. The van der Waals surface area contributed by atoms with Crippen LogP contribution in [0.25, 0.3) is 5.69 Å². The molecule has 5 heteroatoms. The van der Waals surface area contributed by atoms with E-state index in [1.807, 2.05) is 24.4 Å². The topological polar surface area (TPSA) is 67.2 Å². The van der Waals surface area contributed by atoms with Crippen LogP contribution in [0.3, 0.4) is 0 Å². The fourth-order valence-electron chi connectivity index (χ4n) is 1.53. The van der Waals surface area contributed by atoms with Gasteiger partial charge in [-0.3, -0.25) is 4.79 Å². The van der Waals surface area contributed by atoms with E-state index < -0.39 is 6.10 Å². The minimum atomic E-state index is -0.544. The number of nitrogens with zero attached hydrogens (tertiary/aromatic N) is 2. The molecule has 0 aliphatic rings. The number of amides is 1. The first-order valence-electron chi connectivity index (χ1n) is 5.73. The Morgan fingerprint density at radius 2 is 2.17 bits per heavy atom. The van der Waals surface area contributed by atoms with Gasteiger partial charge in [-0.2, -0.15) is 5.10 Å². The van der Waals surface area contributed by atoms with Crippen molar-refractivity contribution < 1.29 is 9.90 Å². The molecular weight excluding hydrogens is 230 g/mol. The maximum absolute atomic E-state index is 11.7. The Morgan fingerprint density at radius 1 is 1.44 bits per heavy atom. The second-order valence-corrected chi connectivity index (χ2v) is 4.06. The molecule has 1 aromatic carbocycles. The van der Waals surface area contributed by atoms with Crippen LogP contribution in [-0.4, -0.2) is 33.4 Å². The van der Waals surface area contributed by atoms with E-state index >= 15 is 0 Å². The molecule has 0 fully saturated rings. The standard InChI is InChI=1S/C13H15N3O2/c1-10(17)9-14-13(18)11-3-5-12(6-4-11)16-8-2-7-15-16/h2-8,10,17H,9H2,1H3,(H,14,18). The highest BCUT2D eigenvalue weighted by atomic mass is 16.3. The van der Waals surface area contributed by atoms with Crippen LogP contribution in [0.2, 0.25) is 0 Å². The number of aliphatic hydroxyl groups is 1. The molecule has 0 aliphatic carbocycles. The quantitative estimate of drug-likeness (QED) is 0.844. The third-order valence-electron chi connectivity index (χ3n) is 2.46. The lowest BCUT2D eigenvalue weighted by Crippen LogP contribution is -2.30. The smallest absolute Gasteiger partial charge is 0.251 e. The molecule has 2 rings (SSSR count). The minimum Gasteiger partial charge on any atom is -0.392 e. The van der Waals surface area contributed by atoms with E-state index in [1.54, 1.807) is 29.9 Å². The van der Waals surface area contributed by atoms with Crippen molar-refractivity contribution in [1.29, 1.82) is 0 Å². The average Bonchev–Trinajstić information content (AvgIpc) is 2.90. The molecule has 94 valence electrons. The highest BCUT2D eigenvalue weighted by molar-refractivity contribution is 5.94. The molecule has 1 atom stereocenters. The zero-order valence-corrected chi connectivity index (χ0v) is 10.1. The van der Waals surface area contributed by atoms with Gasteiger partial charge in [0.05, 0.1) is 11.8 Å². The molecule has 0 saturated carbocycles. The number of benzene rings is 1. The number of carbonyl (C=O) groups is 1. The molecule has 0 radical (unpaired) electrons. The molecule has 2 N–H and O–H groups in total. The zero-order chi connectivity index (χ0) is 13.0. The van der Waals surface area contributed by atoms with E-state index in [9.17, 15) is 4.79 Å². The molecule has 1 unspecified atom stereocenters. The highest BCUT2D eigenvalue weighted by Crippen LogP contribution is 2.08. The van der Waals surface area contributed by atoms with Gasteiger partial charge in [0.2, 0.25) is 0 Å². The second-order valence-electron chi connectivity index (χ2n) is 4.06. The summed E-state index contributed by atoms with van der Waals surface area (Å²) in [7, 11) is 0. The molecule has 18 heavy (non-hydrogen) atoms. The van der Waals surface area contributed by atoms with Crippen LogP contribution in [0, 0.1) is 0 Å². The number of carbonyl (C=O) groups excluding carboxylic acids is 1. The van der Waals surface area contributed by atoms with Gasteiger partial charge in [-0.05, 0) is 37.3 Å². The zero-order valence-electron chi connectivity index (χ0n) is 10.1. The van der Waals surface area contributed by atoms with Crippen LogP contribution in [0.5, 0.6) is 0 Å². The van der Waals surface area contributed by atoms with Gasteiger partial charge in [-0.1, -0.05) is 0 Å². The lowest BCUT2D eigenvalue weighted by molar-refractivity contribution is 0.0924. The summed E-state index contributed by atoms with van der Waals surface area (Å²) in [5.41, 5.74) is 1.46. The SMILES string of the molecule is CC(O)CNC(=O)c1ccc(-n2cccn2)cc1. The molecule has 0 saturated heterocycles. The molecule has 0 aliphatic heterocycles. The normalized spacial score (nSPS) is 12.1. The molecule has 2 aromatic rings. The van der Waals surface area contributed by atoms with Crippen molar-refractivity contribution in [3.63, 3.8) is 0 Å². The van der Waals surface area contributed by atoms with Gasteiger partial charge in [-0.15, -0.1) is 0 Å². The van der Waals surface area contributed by atoms with E-state index in [0.717, 1.165) is 5.69 Å². The Morgan fingerprint density at radius 3 is 2.72 bits per heavy atom. The average molecular weight is 245 g/mol. The number of hydrogen-bond donors (Lipinski definition) is 2. The summed E-state index contributed by atoms with van der Waals surface area (Å²) in [5.74, 6) is -0.192. The van der Waals surface area contributed by atoms with Crippen LogP contribution >= 0.6 is 0 Å². The van der Waals surface area contributed by atoms with Crippen LogP contribution in [0.15, 0.2) is 42.7 Å². The Hall–Kier alpha value is -2.14. The molecular formula is C13H15N3O2. The number of hydrogen-bond acceptors (Lipinski definition) is 3. The molecule has 5 nitrogen and oxygen atoms in total. The fraction of sp³-hybridized carbons (Fsp3) is 0.231. The van der Waals surface area contributed by atoms with Crippen molar-refractivity contribution in [1.82, 2.24) is 15.1 Å². The van der Waals surface area contributed by atoms with Gasteiger partial charge >= 0.3 is 0 Å². The lowest BCUT2D eigenvalue weighted by atomic mass is 10.2. The third kappa shape index (κ3) is 2.95. The predicted octanol–water partition coefficient (Wildman–Crippen LogP) is 0.983. The van der Waals surface area contributed by atoms with Gasteiger partial charge < -0.3 is 10.4 Å². The monoisotopic (exact) mass is 245 g/mol. The largest absolute Gasteiger partial charge is 0.392 e. The first-order valence-corrected chi connectivity index (χ1v) is 5.73. The number of aliphatic hydroxyl groups excluding tert-OH is 1. The molecule has 1 heterocycles. The Bertz CT molecular complexity index is 504. The lowest BCUT2D eigenvalue weighted by Gasteiger charge is -2.07. The Labute approximate surface area is 105 Å². The summed E-state index contributed by atoms with van der Waals surface area (Å²) in [6.07, 6.45) is 2.99. The van der Waals surface area contributed by atoms with Crippen molar-refractivity contribution in [3.05, 3.63) is 48.3 Å². The molecule has 0 bridgehead atoms. The summed E-state index contributed by atoms with van der Waals surface area (Å²) in [6, 6.07) is 8.95. The van der Waals surface area contributed by atoms with Crippen molar-refractivity contribution in [2.75, 3.05) is 6.54 Å². The summed E-state index contributed by atoms with van der Waals surface area (Å²) < 4.78 is 1.72. The van der Waals surface area contributed by atoms with E-state index in [-0.39, 0.29) is 12.5 Å². The van der Waals surface area contributed by atoms with E-state index in [4.69, 9.17) is 5.11 Å². The van der Waals surface area contributed by atoms with Crippen molar-refractivity contribution >= 4 is 5.91 Å². The minimum absolute atomic E-state index is 0.192. The maximum Gasteiger partial charge on any atom is 0.251 e. The van der Waals surface area contributed by atoms with Gasteiger partial charge in [0, 0.05) is 24.5 Å². The van der Waals surface area contributed by atoms with Crippen molar-refractivity contribution in [2.24, 2.45) is 0 Å². The summed E-state index contributed by atoms with van der Waals surface area (Å²) in [4.78, 5) is 11.7. The van der Waals surface area contributed by atoms with Crippen LogP contribution in [0.1, 0.15) is 17.3 Å². The first-order chi connectivity index (χ1) is 8.66. The summed E-state index contributed by atoms with van der Waals surface area (Å²) in [6.45, 7) is 1.88. The number of nitrogens with one attached hydrogen (secondary N) is 1. The summed E-state index contributed by atoms with van der Waals surface area (Å²) >= 11 is 0. The van der Waals surface area contributed by atoms with Gasteiger partial charge in [0.15, 0.2) is 0 Å². The maximum atomic E-state index is 11.7. The van der Waals surface area contributed by atoms with Crippen molar-refractivity contribution in [2.45, 2.75) is 13.0 Å². The second kappa shape index (κ2) is 5.46. The van der Waals surface area contributed by atoms with E-state index in [2.05, 4.69) is 10.4 Å². The number of aromatic nitrogens is 2. The van der Waals surface area contributed by atoms with Crippen LogP contribution in [-0.2, 0) is 0 Å². The van der Waals surface area contributed by atoms with Crippen LogP contribution in [0.4, 0.5) is 0 Å². The van der Waals surface area contributed by atoms with Gasteiger partial charge in [-0.25, -0.2) is 4.68 Å². The van der Waals surface area contributed by atoms with Crippen LogP contribution < -0.4 is 5.32 Å². The number of rotatable bonds is 4. The fourth-order valence-corrected chi connectivity index (χ4v) is 1.53. The molecule has 1 amide bonds. The Balaban J connectivity index is 2.06. The predicted molar refractivity (Wildman–Crippen MR) is 67.6 cm³/mol. The molecule has 0 spiro atoms. The summed E-state index contributed by atoms with van der Waals surface area (Å²) in [5, 5.41) is 15.8. The van der Waals surface area contributed by atoms with Gasteiger partial charge in [0.25, 0.3) is 5.91 Å². The van der Waals surface area contributed by atoms with Crippen molar-refractivity contribution in [3.8, 4) is 5.69 Å².